The third kappa shape index (κ3) is 2.85. The van der Waals surface area contributed by atoms with Crippen molar-refractivity contribution in [3.05, 3.63) is 29.3 Å². The third-order valence-electron chi connectivity index (χ3n) is 2.97. The van der Waals surface area contributed by atoms with E-state index in [9.17, 15) is 14.7 Å². The number of ether oxygens (including phenoxy) is 1. The fourth-order valence-corrected chi connectivity index (χ4v) is 2.04. The number of hydrogen-bond donors (Lipinski definition) is 2. The topological polar surface area (TPSA) is 92.9 Å². The summed E-state index contributed by atoms with van der Waals surface area (Å²) >= 11 is 0. The van der Waals surface area contributed by atoms with E-state index >= 15 is 0 Å². The minimum Gasteiger partial charge on any atom is -0.461 e. The molecule has 1 heterocycles. The van der Waals surface area contributed by atoms with E-state index in [4.69, 9.17) is 10.5 Å². The van der Waals surface area contributed by atoms with Gasteiger partial charge in [0.2, 0.25) is 17.6 Å². The van der Waals surface area contributed by atoms with Crippen molar-refractivity contribution in [2.75, 3.05) is 6.54 Å². The van der Waals surface area contributed by atoms with Gasteiger partial charge in [0.25, 0.3) is 0 Å². The number of hydrogen-bond acceptors (Lipinski definition) is 4. The van der Waals surface area contributed by atoms with Gasteiger partial charge in [-0.2, -0.15) is 0 Å². The molecule has 0 radical (unpaired) electrons. The van der Waals surface area contributed by atoms with Crippen molar-refractivity contribution < 1.29 is 19.4 Å². The van der Waals surface area contributed by atoms with Crippen LogP contribution in [0.4, 0.5) is 0 Å². The average Bonchev–Trinajstić information content (AvgIpc) is 2.42. The average molecular weight is 264 g/mol. The highest BCUT2D eigenvalue weighted by Crippen LogP contribution is 2.29. The van der Waals surface area contributed by atoms with Crippen LogP contribution >= 0.6 is 0 Å². The highest BCUT2D eigenvalue weighted by Gasteiger charge is 2.32. The molecule has 1 atom stereocenters. The summed E-state index contributed by atoms with van der Waals surface area (Å²) in [4.78, 5) is 24.1. The Balaban J connectivity index is 2.44. The van der Waals surface area contributed by atoms with E-state index in [1.54, 1.807) is 12.1 Å². The smallest absolute Gasteiger partial charge is 0.248 e. The summed E-state index contributed by atoms with van der Waals surface area (Å²) in [5, 5.41) is 10.1. The lowest BCUT2D eigenvalue weighted by Crippen LogP contribution is -2.44. The second-order valence-electron chi connectivity index (χ2n) is 4.84. The molecule has 0 aliphatic carbocycles. The Labute approximate surface area is 110 Å². The lowest BCUT2D eigenvalue weighted by Gasteiger charge is -2.27. The van der Waals surface area contributed by atoms with Crippen molar-refractivity contribution in [3.8, 4) is 5.75 Å². The fourth-order valence-electron chi connectivity index (χ4n) is 2.04. The molecule has 0 aromatic heterocycles. The summed E-state index contributed by atoms with van der Waals surface area (Å²) in [6.07, 6.45) is 0. The van der Waals surface area contributed by atoms with E-state index in [1.165, 1.54) is 24.8 Å². The van der Waals surface area contributed by atoms with Crippen LogP contribution in [0.3, 0.4) is 0 Å². The number of fused-ring (bicyclic) bond motifs is 1. The number of carbonyl (C=O) groups excluding carboxylic acids is 2. The molecule has 0 saturated carbocycles. The predicted molar refractivity (Wildman–Crippen MR) is 67.3 cm³/mol. The van der Waals surface area contributed by atoms with E-state index in [0.717, 1.165) is 5.56 Å². The van der Waals surface area contributed by atoms with E-state index in [2.05, 4.69) is 0 Å². The van der Waals surface area contributed by atoms with Crippen LogP contribution < -0.4 is 10.5 Å². The summed E-state index contributed by atoms with van der Waals surface area (Å²) in [6, 6.07) is 4.73. The number of primary amides is 1. The summed E-state index contributed by atoms with van der Waals surface area (Å²) in [5.41, 5.74) is 6.22. The van der Waals surface area contributed by atoms with Gasteiger partial charge in [0.1, 0.15) is 5.75 Å². The highest BCUT2D eigenvalue weighted by atomic mass is 16.6. The number of β-amino-alcohol motifs (C(OH)–C–C–N with tert-alkyl or cyclic N) is 1. The first-order chi connectivity index (χ1) is 8.78. The maximum absolute atomic E-state index is 11.5. The summed E-state index contributed by atoms with van der Waals surface area (Å²) in [6.45, 7) is 3.27. The molecule has 6 heteroatoms. The Hall–Kier alpha value is -2.08. The monoisotopic (exact) mass is 264 g/mol. The zero-order valence-corrected chi connectivity index (χ0v) is 10.8. The van der Waals surface area contributed by atoms with Crippen LogP contribution in [-0.4, -0.2) is 34.2 Å². The van der Waals surface area contributed by atoms with Gasteiger partial charge < -0.3 is 20.5 Å². The number of nitrogens with two attached hydrogens (primary N) is 1. The number of carbonyl (C=O) groups is 2. The van der Waals surface area contributed by atoms with Gasteiger partial charge in [0.05, 0.1) is 6.54 Å². The molecule has 102 valence electrons. The van der Waals surface area contributed by atoms with Gasteiger partial charge in [-0.1, -0.05) is 6.07 Å². The minimum atomic E-state index is -1.51. The van der Waals surface area contributed by atoms with E-state index in [1.807, 2.05) is 0 Å². The van der Waals surface area contributed by atoms with Gasteiger partial charge in [0, 0.05) is 31.5 Å². The lowest BCUT2D eigenvalue weighted by atomic mass is 10.1. The quantitative estimate of drug-likeness (QED) is 0.759. The van der Waals surface area contributed by atoms with Crippen molar-refractivity contribution in [2.45, 2.75) is 26.2 Å². The van der Waals surface area contributed by atoms with Gasteiger partial charge >= 0.3 is 0 Å². The number of nitrogens with zero attached hydrogens (tertiary/aromatic N) is 1. The first-order valence-electron chi connectivity index (χ1n) is 5.88. The maximum Gasteiger partial charge on any atom is 0.248 e. The first kappa shape index (κ1) is 13.4. The number of rotatable bonds is 1. The molecule has 1 aliphatic rings. The van der Waals surface area contributed by atoms with Crippen molar-refractivity contribution >= 4 is 11.8 Å². The molecule has 1 aromatic carbocycles. The SMILES string of the molecule is CC(=O)N1Cc2ccc(C(N)=O)cc2O[C@](C)(O)C1. The minimum absolute atomic E-state index is 0.0585. The second kappa shape index (κ2) is 4.55. The maximum atomic E-state index is 11.5. The first-order valence-corrected chi connectivity index (χ1v) is 5.88. The molecule has 0 fully saturated rings. The molecule has 0 unspecified atom stereocenters. The van der Waals surface area contributed by atoms with Gasteiger partial charge in [0.15, 0.2) is 0 Å². The van der Waals surface area contributed by atoms with Crippen LogP contribution in [0.1, 0.15) is 29.8 Å². The Morgan fingerprint density at radius 2 is 2.16 bits per heavy atom. The Morgan fingerprint density at radius 3 is 2.74 bits per heavy atom. The summed E-state index contributed by atoms with van der Waals surface area (Å²) < 4.78 is 5.47. The van der Waals surface area contributed by atoms with Crippen LogP contribution in [0, 0.1) is 0 Å². The molecule has 0 saturated heterocycles. The predicted octanol–water partition coefficient (Wildman–Crippen LogP) is 0.235. The number of aliphatic hydroxyl groups is 1. The lowest BCUT2D eigenvalue weighted by molar-refractivity contribution is -0.151. The van der Waals surface area contributed by atoms with Crippen molar-refractivity contribution in [2.24, 2.45) is 5.73 Å². The Bertz CT molecular complexity index is 539. The zero-order valence-electron chi connectivity index (χ0n) is 10.8. The normalized spacial score (nSPS) is 22.2. The fraction of sp³-hybridized carbons (Fsp3) is 0.385. The van der Waals surface area contributed by atoms with Gasteiger partial charge in [-0.25, -0.2) is 0 Å². The molecule has 2 rings (SSSR count). The van der Waals surface area contributed by atoms with E-state index in [-0.39, 0.29) is 12.5 Å². The van der Waals surface area contributed by atoms with Crippen LogP contribution in [0.25, 0.3) is 0 Å². The molecule has 0 bridgehead atoms. The standard InChI is InChI=1S/C13H16N2O4/c1-8(16)15-6-10-4-3-9(12(14)17)5-11(10)19-13(2,18)7-15/h3-5,18H,6-7H2,1-2H3,(H2,14,17)/t13-/m0/s1. The van der Waals surface area contributed by atoms with Gasteiger partial charge in [-0.15, -0.1) is 0 Å². The van der Waals surface area contributed by atoms with Crippen LogP contribution in [0.15, 0.2) is 18.2 Å². The zero-order chi connectivity index (χ0) is 14.2. The van der Waals surface area contributed by atoms with Crippen molar-refractivity contribution in [3.63, 3.8) is 0 Å². The number of amides is 2. The van der Waals surface area contributed by atoms with Crippen molar-refractivity contribution in [1.29, 1.82) is 0 Å². The van der Waals surface area contributed by atoms with Crippen molar-refractivity contribution in [1.82, 2.24) is 4.90 Å². The molecular formula is C13H16N2O4. The largest absolute Gasteiger partial charge is 0.461 e. The second-order valence-corrected chi connectivity index (χ2v) is 4.84. The molecule has 0 spiro atoms. The van der Waals surface area contributed by atoms with Gasteiger partial charge in [-0.05, 0) is 12.1 Å². The van der Waals surface area contributed by atoms with E-state index in [0.29, 0.717) is 17.9 Å². The van der Waals surface area contributed by atoms with Crippen LogP contribution in [0.5, 0.6) is 5.75 Å². The molecule has 19 heavy (non-hydrogen) atoms. The van der Waals surface area contributed by atoms with Crippen LogP contribution in [0.2, 0.25) is 0 Å². The molecular weight excluding hydrogens is 248 g/mol. The molecule has 6 nitrogen and oxygen atoms in total. The number of benzene rings is 1. The highest BCUT2D eigenvalue weighted by molar-refractivity contribution is 5.93. The molecule has 2 amide bonds. The summed E-state index contributed by atoms with van der Waals surface area (Å²) in [7, 11) is 0. The van der Waals surface area contributed by atoms with Crippen LogP contribution in [-0.2, 0) is 11.3 Å². The Kier molecular flexibility index (Phi) is 3.20. The Morgan fingerprint density at radius 1 is 1.47 bits per heavy atom. The third-order valence-corrected chi connectivity index (χ3v) is 2.97. The van der Waals surface area contributed by atoms with E-state index < -0.39 is 11.7 Å². The molecule has 1 aromatic rings. The molecule has 1 aliphatic heterocycles. The van der Waals surface area contributed by atoms with Gasteiger partial charge in [-0.3, -0.25) is 9.59 Å². The summed E-state index contributed by atoms with van der Waals surface area (Å²) in [5.74, 6) is -1.87. The molecule has 3 N–H and O–H groups in total.